The summed E-state index contributed by atoms with van der Waals surface area (Å²) < 4.78 is 0. The van der Waals surface area contributed by atoms with Crippen molar-refractivity contribution in [1.29, 1.82) is 0 Å². The van der Waals surface area contributed by atoms with Crippen LogP contribution in [0.2, 0.25) is 5.02 Å². The Morgan fingerprint density at radius 1 is 0.429 bits per heavy atom. The topological polar surface area (TPSA) is 38.7 Å². The average molecular weight is 470 g/mol. The van der Waals surface area contributed by atoms with Crippen molar-refractivity contribution in [2.75, 3.05) is 0 Å². The molecule has 35 heavy (non-hydrogen) atoms. The first-order valence-electron chi connectivity index (χ1n) is 11.4. The molecule has 6 rings (SSSR count). The second-order valence-electron chi connectivity index (χ2n) is 8.27. The molecule has 3 nitrogen and oxygen atoms in total. The predicted molar refractivity (Wildman–Crippen MR) is 144 cm³/mol. The number of hydrogen-bond acceptors (Lipinski definition) is 3. The molecule has 0 saturated heterocycles. The Kier molecular flexibility index (Phi) is 5.53. The molecule has 0 atom stereocenters. The average Bonchev–Trinajstić information content (AvgIpc) is 2.94. The molecule has 0 fully saturated rings. The van der Waals surface area contributed by atoms with Gasteiger partial charge in [0.1, 0.15) is 0 Å². The Morgan fingerprint density at radius 3 is 1.60 bits per heavy atom. The minimum atomic E-state index is 0.622. The van der Waals surface area contributed by atoms with Crippen molar-refractivity contribution >= 4 is 22.4 Å². The summed E-state index contributed by atoms with van der Waals surface area (Å²) in [5.74, 6) is 1.91. The molecule has 0 aliphatic rings. The van der Waals surface area contributed by atoms with Crippen molar-refractivity contribution in [2.45, 2.75) is 0 Å². The number of benzene rings is 5. The highest BCUT2D eigenvalue weighted by atomic mass is 35.5. The molecule has 166 valence electrons. The van der Waals surface area contributed by atoms with E-state index < -0.39 is 0 Å². The largest absolute Gasteiger partial charge is 0.208 e. The summed E-state index contributed by atoms with van der Waals surface area (Å²) in [6.07, 6.45) is 0. The van der Waals surface area contributed by atoms with E-state index in [0.29, 0.717) is 17.5 Å². The Bertz CT molecular complexity index is 1590. The van der Waals surface area contributed by atoms with E-state index in [9.17, 15) is 0 Å². The highest BCUT2D eigenvalue weighted by Gasteiger charge is 2.14. The standard InChI is InChI=1S/C31H20ClN3/c32-28-26-17-8-7-10-21(26)18-19-27(28)24-15-9-16-25(20-24)31-34-29(22-11-3-1-4-12-22)33-30(35-31)23-13-5-2-6-14-23/h1-20H. The molecule has 6 aromatic rings. The van der Waals surface area contributed by atoms with Gasteiger partial charge in [-0.25, -0.2) is 15.0 Å². The predicted octanol–water partition coefficient (Wildman–Crippen LogP) is 8.35. The van der Waals surface area contributed by atoms with Crippen LogP contribution in [0.25, 0.3) is 56.1 Å². The van der Waals surface area contributed by atoms with Gasteiger partial charge < -0.3 is 0 Å². The van der Waals surface area contributed by atoms with Crippen LogP contribution in [-0.2, 0) is 0 Å². The third-order valence-corrected chi connectivity index (χ3v) is 6.40. The first-order chi connectivity index (χ1) is 17.3. The fraction of sp³-hybridized carbons (Fsp3) is 0. The molecule has 4 heteroatoms. The first kappa shape index (κ1) is 21.2. The second kappa shape index (κ2) is 9.13. The maximum Gasteiger partial charge on any atom is 0.164 e. The van der Waals surface area contributed by atoms with E-state index in [0.717, 1.165) is 43.6 Å². The lowest BCUT2D eigenvalue weighted by Crippen LogP contribution is -2.00. The van der Waals surface area contributed by atoms with E-state index in [1.807, 2.05) is 84.9 Å². The minimum Gasteiger partial charge on any atom is -0.208 e. The maximum absolute atomic E-state index is 6.84. The molecular weight excluding hydrogens is 450 g/mol. The zero-order chi connectivity index (χ0) is 23.6. The van der Waals surface area contributed by atoms with E-state index in [2.05, 4.69) is 36.4 Å². The van der Waals surface area contributed by atoms with E-state index >= 15 is 0 Å². The molecule has 0 amide bonds. The van der Waals surface area contributed by atoms with Crippen LogP contribution in [0.4, 0.5) is 0 Å². The SMILES string of the molecule is Clc1c(-c2cccc(-c3nc(-c4ccccc4)nc(-c4ccccc4)n3)c2)ccc2ccccc12. The highest BCUT2D eigenvalue weighted by molar-refractivity contribution is 6.38. The van der Waals surface area contributed by atoms with Crippen molar-refractivity contribution in [1.82, 2.24) is 15.0 Å². The van der Waals surface area contributed by atoms with Gasteiger partial charge in [-0.1, -0.05) is 127 Å². The van der Waals surface area contributed by atoms with Gasteiger partial charge in [-0.2, -0.15) is 0 Å². The van der Waals surface area contributed by atoms with Gasteiger partial charge in [0, 0.05) is 27.6 Å². The minimum absolute atomic E-state index is 0.622. The normalized spacial score (nSPS) is 11.0. The lowest BCUT2D eigenvalue weighted by molar-refractivity contribution is 1.07. The van der Waals surface area contributed by atoms with Crippen LogP contribution in [0.1, 0.15) is 0 Å². The van der Waals surface area contributed by atoms with Crippen molar-refractivity contribution in [2.24, 2.45) is 0 Å². The molecule has 0 saturated carbocycles. The Labute approximate surface area is 208 Å². The van der Waals surface area contributed by atoms with Gasteiger partial charge in [-0.05, 0) is 17.0 Å². The van der Waals surface area contributed by atoms with Crippen molar-refractivity contribution in [3.63, 3.8) is 0 Å². The van der Waals surface area contributed by atoms with Gasteiger partial charge in [0.2, 0.25) is 0 Å². The lowest BCUT2D eigenvalue weighted by Gasteiger charge is -2.11. The van der Waals surface area contributed by atoms with Crippen LogP contribution in [0, 0.1) is 0 Å². The molecule has 0 aliphatic heterocycles. The summed E-state index contributed by atoms with van der Waals surface area (Å²) in [7, 11) is 0. The summed E-state index contributed by atoms with van der Waals surface area (Å²) in [6, 6.07) is 40.5. The molecule has 0 bridgehead atoms. The van der Waals surface area contributed by atoms with E-state index in [1.165, 1.54) is 0 Å². The van der Waals surface area contributed by atoms with E-state index in [4.69, 9.17) is 26.6 Å². The van der Waals surface area contributed by atoms with Gasteiger partial charge in [-0.15, -0.1) is 0 Å². The monoisotopic (exact) mass is 469 g/mol. The molecule has 0 radical (unpaired) electrons. The smallest absolute Gasteiger partial charge is 0.164 e. The summed E-state index contributed by atoms with van der Waals surface area (Å²) in [4.78, 5) is 14.5. The van der Waals surface area contributed by atoms with Crippen LogP contribution in [0.3, 0.4) is 0 Å². The molecule has 0 unspecified atom stereocenters. The molecule has 5 aromatic carbocycles. The second-order valence-corrected chi connectivity index (χ2v) is 8.65. The zero-order valence-corrected chi connectivity index (χ0v) is 19.5. The summed E-state index contributed by atoms with van der Waals surface area (Å²) in [5, 5.41) is 2.90. The van der Waals surface area contributed by atoms with Crippen LogP contribution >= 0.6 is 11.6 Å². The van der Waals surface area contributed by atoms with Gasteiger partial charge in [-0.3, -0.25) is 0 Å². The number of halogens is 1. The van der Waals surface area contributed by atoms with Crippen molar-refractivity contribution in [3.8, 4) is 45.3 Å². The Hall–Kier alpha value is -4.34. The van der Waals surface area contributed by atoms with Gasteiger partial charge in [0.15, 0.2) is 17.5 Å². The zero-order valence-electron chi connectivity index (χ0n) is 18.8. The fourth-order valence-electron chi connectivity index (χ4n) is 4.22. The van der Waals surface area contributed by atoms with Crippen molar-refractivity contribution < 1.29 is 0 Å². The maximum atomic E-state index is 6.84. The fourth-order valence-corrected chi connectivity index (χ4v) is 4.56. The number of rotatable bonds is 4. The number of aromatic nitrogens is 3. The molecule has 0 spiro atoms. The Morgan fingerprint density at radius 2 is 0.943 bits per heavy atom. The molecular formula is C31H20ClN3. The highest BCUT2D eigenvalue weighted by Crippen LogP contribution is 2.36. The van der Waals surface area contributed by atoms with Crippen LogP contribution < -0.4 is 0 Å². The molecule has 1 aromatic heterocycles. The van der Waals surface area contributed by atoms with Gasteiger partial charge in [0.05, 0.1) is 5.02 Å². The number of fused-ring (bicyclic) bond motifs is 1. The Balaban J connectivity index is 1.50. The lowest BCUT2D eigenvalue weighted by atomic mass is 9.99. The molecule has 0 N–H and O–H groups in total. The number of hydrogen-bond donors (Lipinski definition) is 0. The summed E-state index contributed by atoms with van der Waals surface area (Å²) >= 11 is 6.84. The molecule has 0 aliphatic carbocycles. The molecule has 1 heterocycles. The quantitative estimate of drug-likeness (QED) is 0.260. The third-order valence-electron chi connectivity index (χ3n) is 5.99. The van der Waals surface area contributed by atoms with Crippen LogP contribution in [0.15, 0.2) is 121 Å². The van der Waals surface area contributed by atoms with Crippen molar-refractivity contribution in [3.05, 3.63) is 126 Å². The van der Waals surface area contributed by atoms with Crippen LogP contribution in [-0.4, -0.2) is 15.0 Å². The van der Waals surface area contributed by atoms with Crippen LogP contribution in [0.5, 0.6) is 0 Å². The third kappa shape index (κ3) is 4.18. The van der Waals surface area contributed by atoms with E-state index in [1.54, 1.807) is 0 Å². The van der Waals surface area contributed by atoms with Gasteiger partial charge >= 0.3 is 0 Å². The first-order valence-corrected chi connectivity index (χ1v) is 11.8. The van der Waals surface area contributed by atoms with Gasteiger partial charge in [0.25, 0.3) is 0 Å². The summed E-state index contributed by atoms with van der Waals surface area (Å²) in [6.45, 7) is 0. The number of nitrogens with zero attached hydrogens (tertiary/aromatic N) is 3. The van der Waals surface area contributed by atoms with E-state index in [-0.39, 0.29) is 0 Å². The summed E-state index contributed by atoms with van der Waals surface area (Å²) in [5.41, 5.74) is 4.79.